The molecular formula is C22H18F4. The van der Waals surface area contributed by atoms with E-state index in [-0.39, 0.29) is 11.1 Å². The standard InChI is InChI=1S/C22H18F4/c1-2-3-4-14-5-7-16-12-17(19(23)13-18(16)9-14)8-6-15-10-20(24)22(26)21(25)11-15/h2,10-14H,1,3-5,7,9H2. The fourth-order valence-corrected chi connectivity index (χ4v) is 3.32. The fourth-order valence-electron chi connectivity index (χ4n) is 3.32. The number of halogens is 4. The van der Waals surface area contributed by atoms with E-state index in [0.717, 1.165) is 55.4 Å². The molecule has 0 aromatic heterocycles. The molecule has 3 rings (SSSR count). The largest absolute Gasteiger partial charge is 0.206 e. The van der Waals surface area contributed by atoms with Crippen LogP contribution in [0.5, 0.6) is 0 Å². The van der Waals surface area contributed by atoms with E-state index < -0.39 is 23.3 Å². The minimum atomic E-state index is -1.54. The highest BCUT2D eigenvalue weighted by molar-refractivity contribution is 5.47. The lowest BCUT2D eigenvalue weighted by Crippen LogP contribution is -2.15. The summed E-state index contributed by atoms with van der Waals surface area (Å²) in [5, 5.41) is 0. The van der Waals surface area contributed by atoms with Gasteiger partial charge in [-0.25, -0.2) is 17.6 Å². The Kier molecular flexibility index (Phi) is 5.46. The molecule has 0 radical (unpaired) electrons. The zero-order valence-electron chi connectivity index (χ0n) is 14.2. The van der Waals surface area contributed by atoms with Crippen molar-refractivity contribution in [2.75, 3.05) is 0 Å². The molecule has 0 fully saturated rings. The number of aryl methyl sites for hydroxylation is 1. The third-order valence-electron chi connectivity index (χ3n) is 4.72. The lowest BCUT2D eigenvalue weighted by molar-refractivity contribution is 0.429. The Balaban J connectivity index is 1.84. The highest BCUT2D eigenvalue weighted by Crippen LogP contribution is 2.30. The smallest absolute Gasteiger partial charge is 0.194 e. The molecule has 0 saturated heterocycles. The molecule has 1 atom stereocenters. The molecule has 1 aliphatic rings. The third kappa shape index (κ3) is 3.99. The first-order chi connectivity index (χ1) is 12.5. The van der Waals surface area contributed by atoms with E-state index >= 15 is 0 Å². The van der Waals surface area contributed by atoms with Crippen molar-refractivity contribution in [1.82, 2.24) is 0 Å². The first-order valence-corrected chi connectivity index (χ1v) is 8.56. The number of hydrogen-bond acceptors (Lipinski definition) is 0. The maximum Gasteiger partial charge on any atom is 0.194 e. The number of fused-ring (bicyclic) bond motifs is 1. The van der Waals surface area contributed by atoms with E-state index in [1.807, 2.05) is 6.08 Å². The van der Waals surface area contributed by atoms with Crippen molar-refractivity contribution in [3.8, 4) is 11.8 Å². The van der Waals surface area contributed by atoms with Crippen LogP contribution in [0.3, 0.4) is 0 Å². The van der Waals surface area contributed by atoms with Gasteiger partial charge in [-0.1, -0.05) is 17.9 Å². The average Bonchev–Trinajstić information content (AvgIpc) is 2.62. The molecule has 0 N–H and O–H groups in total. The highest BCUT2D eigenvalue weighted by Gasteiger charge is 2.20. The summed E-state index contributed by atoms with van der Waals surface area (Å²) < 4.78 is 53.8. The van der Waals surface area contributed by atoms with E-state index in [0.29, 0.717) is 5.92 Å². The van der Waals surface area contributed by atoms with Crippen molar-refractivity contribution < 1.29 is 17.6 Å². The van der Waals surface area contributed by atoms with Crippen LogP contribution in [0.4, 0.5) is 17.6 Å². The van der Waals surface area contributed by atoms with Crippen LogP contribution in [-0.2, 0) is 12.8 Å². The van der Waals surface area contributed by atoms with Gasteiger partial charge in [-0.3, -0.25) is 0 Å². The second-order valence-corrected chi connectivity index (χ2v) is 6.58. The van der Waals surface area contributed by atoms with E-state index in [1.165, 1.54) is 6.07 Å². The number of hydrogen-bond donors (Lipinski definition) is 0. The van der Waals surface area contributed by atoms with Crippen LogP contribution < -0.4 is 0 Å². The molecule has 0 saturated carbocycles. The van der Waals surface area contributed by atoms with E-state index in [9.17, 15) is 17.6 Å². The zero-order valence-corrected chi connectivity index (χ0v) is 14.2. The monoisotopic (exact) mass is 358 g/mol. The van der Waals surface area contributed by atoms with Crippen molar-refractivity contribution in [2.24, 2.45) is 5.92 Å². The van der Waals surface area contributed by atoms with Crippen LogP contribution >= 0.6 is 0 Å². The predicted octanol–water partition coefficient (Wildman–Crippen LogP) is 5.71. The van der Waals surface area contributed by atoms with Crippen molar-refractivity contribution in [3.63, 3.8) is 0 Å². The van der Waals surface area contributed by atoms with Gasteiger partial charge in [-0.2, -0.15) is 0 Å². The van der Waals surface area contributed by atoms with Crippen LogP contribution in [0.15, 0.2) is 36.9 Å². The fraction of sp³-hybridized carbons (Fsp3) is 0.273. The van der Waals surface area contributed by atoms with Crippen LogP contribution in [0, 0.1) is 41.0 Å². The molecule has 0 amide bonds. The molecule has 1 aliphatic carbocycles. The van der Waals surface area contributed by atoms with Crippen molar-refractivity contribution in [1.29, 1.82) is 0 Å². The molecule has 26 heavy (non-hydrogen) atoms. The van der Waals surface area contributed by atoms with Gasteiger partial charge < -0.3 is 0 Å². The molecular weight excluding hydrogens is 340 g/mol. The lowest BCUT2D eigenvalue weighted by Gasteiger charge is -2.24. The summed E-state index contributed by atoms with van der Waals surface area (Å²) in [4.78, 5) is 0. The normalized spacial score (nSPS) is 15.8. The quantitative estimate of drug-likeness (QED) is 0.285. The topological polar surface area (TPSA) is 0 Å². The summed E-state index contributed by atoms with van der Waals surface area (Å²) in [5.74, 6) is 1.02. The molecule has 4 heteroatoms. The molecule has 2 aromatic carbocycles. The van der Waals surface area contributed by atoms with Crippen LogP contribution in [0.25, 0.3) is 0 Å². The Morgan fingerprint density at radius 2 is 1.69 bits per heavy atom. The summed E-state index contributed by atoms with van der Waals surface area (Å²) in [6.45, 7) is 3.73. The maximum absolute atomic E-state index is 14.4. The first-order valence-electron chi connectivity index (χ1n) is 8.56. The van der Waals surface area contributed by atoms with Crippen molar-refractivity contribution in [3.05, 3.63) is 82.4 Å². The molecule has 0 aliphatic heterocycles. The Morgan fingerprint density at radius 3 is 2.38 bits per heavy atom. The second-order valence-electron chi connectivity index (χ2n) is 6.58. The van der Waals surface area contributed by atoms with Crippen LogP contribution in [0.1, 0.15) is 41.5 Å². The number of rotatable bonds is 3. The van der Waals surface area contributed by atoms with Gasteiger partial charge in [0.1, 0.15) is 5.82 Å². The SMILES string of the molecule is C=CCCC1CCc2cc(C#Cc3cc(F)c(F)c(F)c3)c(F)cc2C1. The van der Waals surface area contributed by atoms with Gasteiger partial charge in [0.25, 0.3) is 0 Å². The summed E-state index contributed by atoms with van der Waals surface area (Å²) in [6, 6.07) is 4.81. The highest BCUT2D eigenvalue weighted by atomic mass is 19.2. The van der Waals surface area contributed by atoms with E-state index in [2.05, 4.69) is 18.4 Å². The maximum atomic E-state index is 14.4. The summed E-state index contributed by atoms with van der Waals surface area (Å²) in [7, 11) is 0. The van der Waals surface area contributed by atoms with Crippen molar-refractivity contribution in [2.45, 2.75) is 32.1 Å². The Hall–Kier alpha value is -2.54. The van der Waals surface area contributed by atoms with Gasteiger partial charge >= 0.3 is 0 Å². The third-order valence-corrected chi connectivity index (χ3v) is 4.72. The van der Waals surface area contributed by atoms with E-state index in [1.54, 1.807) is 6.07 Å². The van der Waals surface area contributed by atoms with Crippen LogP contribution in [0.2, 0.25) is 0 Å². The summed E-state index contributed by atoms with van der Waals surface area (Å²) in [6.07, 6.45) is 6.63. The Labute approximate surface area is 150 Å². The van der Waals surface area contributed by atoms with Gasteiger partial charge in [0.15, 0.2) is 17.5 Å². The minimum absolute atomic E-state index is 0.0389. The zero-order chi connectivity index (χ0) is 18.7. The molecule has 0 nitrogen and oxygen atoms in total. The second kappa shape index (κ2) is 7.78. The van der Waals surface area contributed by atoms with Gasteiger partial charge in [0, 0.05) is 5.56 Å². The minimum Gasteiger partial charge on any atom is -0.206 e. The summed E-state index contributed by atoms with van der Waals surface area (Å²) >= 11 is 0. The number of allylic oxidation sites excluding steroid dienone is 1. The molecule has 1 unspecified atom stereocenters. The van der Waals surface area contributed by atoms with Crippen molar-refractivity contribution >= 4 is 0 Å². The van der Waals surface area contributed by atoms with E-state index in [4.69, 9.17) is 0 Å². The Morgan fingerprint density at radius 1 is 0.962 bits per heavy atom. The molecule has 0 bridgehead atoms. The van der Waals surface area contributed by atoms with Gasteiger partial charge in [0.05, 0.1) is 5.56 Å². The predicted molar refractivity (Wildman–Crippen MR) is 93.6 cm³/mol. The van der Waals surface area contributed by atoms with Gasteiger partial charge in [-0.15, -0.1) is 6.58 Å². The molecule has 134 valence electrons. The van der Waals surface area contributed by atoms with Gasteiger partial charge in [0.2, 0.25) is 0 Å². The molecule has 0 heterocycles. The molecule has 0 spiro atoms. The molecule has 2 aromatic rings. The number of benzene rings is 2. The first kappa shape index (κ1) is 18.3. The van der Waals surface area contributed by atoms with Gasteiger partial charge in [-0.05, 0) is 73.4 Å². The summed E-state index contributed by atoms with van der Waals surface area (Å²) in [5.41, 5.74) is 2.19. The lowest BCUT2D eigenvalue weighted by atomic mass is 9.81. The average molecular weight is 358 g/mol. The van der Waals surface area contributed by atoms with Crippen LogP contribution in [-0.4, -0.2) is 0 Å². The Bertz CT molecular complexity index is 879.